The molecule has 1 amide bonds. The van der Waals surface area contributed by atoms with Crippen LogP contribution in [0.15, 0.2) is 60.7 Å². The summed E-state index contributed by atoms with van der Waals surface area (Å²) in [5.41, 5.74) is 0.904. The Morgan fingerprint density at radius 1 is 1.03 bits per heavy atom. The van der Waals surface area contributed by atoms with Gasteiger partial charge in [0.1, 0.15) is 10.7 Å². The zero-order chi connectivity index (χ0) is 21.5. The molecule has 0 bridgehead atoms. The Bertz CT molecular complexity index is 1240. The number of hydrogen-bond acceptors (Lipinski definition) is 3. The highest BCUT2D eigenvalue weighted by Crippen LogP contribution is 2.32. The van der Waals surface area contributed by atoms with Crippen LogP contribution in [0.25, 0.3) is 16.8 Å². The highest BCUT2D eigenvalue weighted by molar-refractivity contribution is 6.37. The van der Waals surface area contributed by atoms with Crippen molar-refractivity contribution < 1.29 is 18.0 Å². The van der Waals surface area contributed by atoms with Gasteiger partial charge in [-0.05, 0) is 36.2 Å². The van der Waals surface area contributed by atoms with Gasteiger partial charge in [0.15, 0.2) is 11.3 Å². The van der Waals surface area contributed by atoms with E-state index in [1.54, 1.807) is 12.1 Å². The van der Waals surface area contributed by atoms with Crippen molar-refractivity contribution in [1.29, 1.82) is 0 Å². The fourth-order valence-electron chi connectivity index (χ4n) is 3.03. The maximum atomic E-state index is 13.3. The maximum Gasteiger partial charge on any atom is 0.433 e. The van der Waals surface area contributed by atoms with E-state index in [1.165, 1.54) is 6.92 Å². The zero-order valence-electron chi connectivity index (χ0n) is 15.5. The van der Waals surface area contributed by atoms with Gasteiger partial charge in [0, 0.05) is 11.4 Å². The van der Waals surface area contributed by atoms with Crippen molar-refractivity contribution in [3.8, 4) is 11.1 Å². The molecule has 4 rings (SSSR count). The summed E-state index contributed by atoms with van der Waals surface area (Å²) in [6, 6.07) is 17.5. The third kappa shape index (κ3) is 3.73. The van der Waals surface area contributed by atoms with Crippen LogP contribution in [0.4, 0.5) is 18.9 Å². The monoisotopic (exact) mass is 430 g/mol. The number of carbonyl (C=O) groups excluding carboxylic acids is 1. The van der Waals surface area contributed by atoms with Crippen molar-refractivity contribution in [2.75, 3.05) is 5.32 Å². The number of aryl methyl sites for hydroxylation is 1. The van der Waals surface area contributed by atoms with E-state index in [0.29, 0.717) is 10.2 Å². The molecule has 9 heteroatoms. The summed E-state index contributed by atoms with van der Waals surface area (Å²) in [6.45, 7) is 1.41. The minimum Gasteiger partial charge on any atom is -0.321 e. The van der Waals surface area contributed by atoms with Crippen LogP contribution in [-0.4, -0.2) is 20.5 Å². The third-order valence-electron chi connectivity index (χ3n) is 4.42. The van der Waals surface area contributed by atoms with Gasteiger partial charge in [0.05, 0.1) is 0 Å². The summed E-state index contributed by atoms with van der Waals surface area (Å²) < 4.78 is 40.5. The smallest absolute Gasteiger partial charge is 0.321 e. The fourth-order valence-corrected chi connectivity index (χ4v) is 3.27. The number of halogens is 4. The average molecular weight is 431 g/mol. The molecule has 0 aliphatic rings. The predicted octanol–water partition coefficient (Wildman–Crippen LogP) is 5.63. The van der Waals surface area contributed by atoms with Crippen LogP contribution >= 0.6 is 11.6 Å². The van der Waals surface area contributed by atoms with E-state index in [4.69, 9.17) is 11.6 Å². The zero-order valence-corrected chi connectivity index (χ0v) is 16.3. The second-order valence-electron chi connectivity index (χ2n) is 6.58. The molecule has 1 N–H and O–H groups in total. The van der Waals surface area contributed by atoms with Gasteiger partial charge >= 0.3 is 6.18 Å². The number of carbonyl (C=O) groups is 1. The van der Waals surface area contributed by atoms with Crippen LogP contribution in [0.1, 0.15) is 21.9 Å². The van der Waals surface area contributed by atoms with Crippen LogP contribution < -0.4 is 5.32 Å². The number of rotatable bonds is 3. The van der Waals surface area contributed by atoms with E-state index in [9.17, 15) is 18.0 Å². The second-order valence-corrected chi connectivity index (χ2v) is 6.95. The van der Waals surface area contributed by atoms with E-state index >= 15 is 0 Å². The van der Waals surface area contributed by atoms with Crippen molar-refractivity contribution in [1.82, 2.24) is 14.6 Å². The van der Waals surface area contributed by atoms with Crippen molar-refractivity contribution in [2.45, 2.75) is 13.1 Å². The summed E-state index contributed by atoms with van der Waals surface area (Å²) in [6.07, 6.45) is -4.68. The van der Waals surface area contributed by atoms with Crippen LogP contribution in [-0.2, 0) is 6.18 Å². The third-order valence-corrected chi connectivity index (χ3v) is 4.76. The quantitative estimate of drug-likeness (QED) is 0.458. The molecular formula is C21H14ClF3N4O. The molecule has 30 heavy (non-hydrogen) atoms. The highest BCUT2D eigenvalue weighted by atomic mass is 35.5. The predicted molar refractivity (Wildman–Crippen MR) is 108 cm³/mol. The summed E-state index contributed by atoms with van der Waals surface area (Å²) >= 11 is 6.14. The van der Waals surface area contributed by atoms with E-state index in [-0.39, 0.29) is 22.1 Å². The molecule has 0 atom stereocenters. The van der Waals surface area contributed by atoms with Gasteiger partial charge in [-0.15, -0.1) is 0 Å². The standard InChI is InChI=1S/C21H14ClF3N4O/c1-12-11-16(21(23,24)25)29-19(26-12)17(22)18(28-29)20(30)27-15-9-7-14(8-10-15)13-5-3-2-4-6-13/h2-11H,1H3,(H,27,30). The molecule has 0 unspecified atom stereocenters. The molecule has 0 spiro atoms. The molecule has 0 saturated heterocycles. The van der Waals surface area contributed by atoms with Gasteiger partial charge in [0.2, 0.25) is 0 Å². The topological polar surface area (TPSA) is 59.3 Å². The molecule has 2 heterocycles. The van der Waals surface area contributed by atoms with Crippen molar-refractivity contribution in [3.63, 3.8) is 0 Å². The van der Waals surface area contributed by atoms with Crippen molar-refractivity contribution in [3.05, 3.63) is 82.8 Å². The van der Waals surface area contributed by atoms with E-state index in [2.05, 4.69) is 15.4 Å². The number of hydrogen-bond donors (Lipinski definition) is 1. The normalized spacial score (nSPS) is 11.6. The summed E-state index contributed by atoms with van der Waals surface area (Å²) in [5, 5.41) is 6.13. The highest BCUT2D eigenvalue weighted by Gasteiger charge is 2.36. The number of aromatic nitrogens is 3. The fraction of sp³-hybridized carbons (Fsp3) is 0.0952. The Balaban J connectivity index is 1.65. The maximum absolute atomic E-state index is 13.3. The summed E-state index contributed by atoms with van der Waals surface area (Å²) in [4.78, 5) is 16.6. The number of benzene rings is 2. The average Bonchev–Trinajstić information content (AvgIpc) is 3.04. The molecule has 5 nitrogen and oxygen atoms in total. The Kier molecular flexibility index (Phi) is 4.95. The van der Waals surface area contributed by atoms with Gasteiger partial charge in [-0.3, -0.25) is 4.79 Å². The van der Waals surface area contributed by atoms with Crippen LogP contribution in [0, 0.1) is 6.92 Å². The second kappa shape index (κ2) is 7.46. The lowest BCUT2D eigenvalue weighted by molar-refractivity contribution is -0.142. The van der Waals surface area contributed by atoms with E-state index < -0.39 is 17.8 Å². The van der Waals surface area contributed by atoms with Gasteiger partial charge < -0.3 is 5.32 Å². The van der Waals surface area contributed by atoms with Gasteiger partial charge in [-0.25, -0.2) is 9.50 Å². The molecule has 0 aliphatic heterocycles. The lowest BCUT2D eigenvalue weighted by Gasteiger charge is -2.09. The molecule has 0 aliphatic carbocycles. The first-order chi connectivity index (χ1) is 14.2. The van der Waals surface area contributed by atoms with E-state index in [0.717, 1.165) is 17.2 Å². The van der Waals surface area contributed by atoms with Crippen molar-refractivity contribution in [2.24, 2.45) is 0 Å². The van der Waals surface area contributed by atoms with Crippen molar-refractivity contribution >= 4 is 28.8 Å². The van der Waals surface area contributed by atoms with Crippen LogP contribution in [0.3, 0.4) is 0 Å². The molecule has 0 saturated carbocycles. The molecule has 2 aromatic carbocycles. The minimum atomic E-state index is -4.68. The Labute approximate surface area is 174 Å². The number of nitrogens with zero attached hydrogens (tertiary/aromatic N) is 3. The van der Waals surface area contributed by atoms with Gasteiger partial charge in [0.25, 0.3) is 5.91 Å². The number of nitrogens with one attached hydrogen (secondary N) is 1. The van der Waals surface area contributed by atoms with Gasteiger partial charge in [-0.1, -0.05) is 54.1 Å². The first kappa shape index (κ1) is 19.9. The number of alkyl halides is 3. The van der Waals surface area contributed by atoms with Crippen LogP contribution in [0.5, 0.6) is 0 Å². The SMILES string of the molecule is Cc1cc(C(F)(F)F)n2nc(C(=O)Nc3ccc(-c4ccccc4)cc3)c(Cl)c2n1. The number of anilines is 1. The number of amides is 1. The van der Waals surface area contributed by atoms with Crippen LogP contribution in [0.2, 0.25) is 5.02 Å². The Morgan fingerprint density at radius 3 is 2.30 bits per heavy atom. The lowest BCUT2D eigenvalue weighted by atomic mass is 10.1. The minimum absolute atomic E-state index is 0.111. The number of fused-ring (bicyclic) bond motifs is 1. The molecule has 0 fully saturated rings. The molecule has 2 aromatic heterocycles. The summed E-state index contributed by atoms with van der Waals surface area (Å²) in [5.74, 6) is -0.733. The largest absolute Gasteiger partial charge is 0.433 e. The first-order valence-electron chi connectivity index (χ1n) is 8.84. The Hall–Kier alpha value is -3.39. The molecular weight excluding hydrogens is 417 g/mol. The molecule has 4 aromatic rings. The molecule has 152 valence electrons. The summed E-state index contributed by atoms with van der Waals surface area (Å²) in [7, 11) is 0. The van der Waals surface area contributed by atoms with E-state index in [1.807, 2.05) is 42.5 Å². The first-order valence-corrected chi connectivity index (χ1v) is 9.22. The van der Waals surface area contributed by atoms with Gasteiger partial charge in [-0.2, -0.15) is 18.3 Å². The molecule has 0 radical (unpaired) electrons. The Morgan fingerprint density at radius 2 is 1.67 bits per heavy atom. The lowest BCUT2D eigenvalue weighted by Crippen LogP contribution is -2.15.